The second-order valence-electron chi connectivity index (χ2n) is 3.24. The van der Waals surface area contributed by atoms with Crippen LogP contribution in [-0.4, -0.2) is 30.2 Å². The van der Waals surface area contributed by atoms with Crippen molar-refractivity contribution in [3.05, 3.63) is 22.4 Å². The van der Waals surface area contributed by atoms with Crippen LogP contribution in [0.3, 0.4) is 0 Å². The van der Waals surface area contributed by atoms with Gasteiger partial charge in [-0.05, 0) is 22.4 Å². The number of carbonyl (C=O) groups excluding carboxylic acids is 2. The third kappa shape index (κ3) is 2.47. The summed E-state index contributed by atoms with van der Waals surface area (Å²) >= 11 is 1.57. The van der Waals surface area contributed by atoms with Crippen molar-refractivity contribution in [2.45, 2.75) is 6.42 Å². The van der Waals surface area contributed by atoms with Crippen LogP contribution in [0.4, 0.5) is 4.79 Å². The molecule has 0 aromatic carbocycles. The van der Waals surface area contributed by atoms with Crippen LogP contribution in [-0.2, 0) is 11.2 Å². The maximum atomic E-state index is 11.7. The second kappa shape index (κ2) is 4.31. The quantitative estimate of drug-likeness (QED) is 0.762. The molecule has 80 valence electrons. The molecule has 0 bridgehead atoms. The minimum atomic E-state index is -0.227. The van der Waals surface area contributed by atoms with Gasteiger partial charge < -0.3 is 15.5 Å². The average Bonchev–Trinajstić information content (AvgIpc) is 2.71. The minimum Gasteiger partial charge on any atom is -0.320 e. The van der Waals surface area contributed by atoms with E-state index >= 15 is 0 Å². The van der Waals surface area contributed by atoms with Gasteiger partial charge in [0.15, 0.2) is 0 Å². The normalized spacial score (nSPS) is 15.7. The molecule has 0 unspecified atom stereocenters. The van der Waals surface area contributed by atoms with Gasteiger partial charge in [-0.1, -0.05) is 0 Å². The van der Waals surface area contributed by atoms with E-state index in [0.717, 1.165) is 5.56 Å². The van der Waals surface area contributed by atoms with Crippen LogP contribution in [0.2, 0.25) is 0 Å². The lowest BCUT2D eigenvalue weighted by molar-refractivity contribution is -0.131. The van der Waals surface area contributed by atoms with Gasteiger partial charge in [0.25, 0.3) is 0 Å². The van der Waals surface area contributed by atoms with Gasteiger partial charge in [-0.15, -0.1) is 0 Å². The molecule has 6 heteroatoms. The highest BCUT2D eigenvalue weighted by molar-refractivity contribution is 7.07. The molecule has 1 fully saturated rings. The summed E-state index contributed by atoms with van der Waals surface area (Å²) in [6, 6.07) is 1.70. The summed E-state index contributed by atoms with van der Waals surface area (Å²) < 4.78 is 0. The van der Waals surface area contributed by atoms with E-state index in [1.807, 2.05) is 16.8 Å². The standard InChI is InChI=1S/C9H11N3O2S/c13-8(3-7-1-2-15-4-7)12-5-10-9(14)11-6-12/h1-2,4H,3,5-6H2,(H2,10,11,14). The van der Waals surface area contributed by atoms with Crippen LogP contribution in [0.5, 0.6) is 0 Å². The molecule has 0 aliphatic carbocycles. The number of hydrogen-bond donors (Lipinski definition) is 2. The summed E-state index contributed by atoms with van der Waals surface area (Å²) in [6.07, 6.45) is 0.390. The molecule has 0 spiro atoms. The Morgan fingerprint density at radius 2 is 2.20 bits per heavy atom. The monoisotopic (exact) mass is 225 g/mol. The smallest absolute Gasteiger partial charge is 0.317 e. The van der Waals surface area contributed by atoms with Crippen LogP contribution in [0.25, 0.3) is 0 Å². The van der Waals surface area contributed by atoms with E-state index in [9.17, 15) is 9.59 Å². The molecule has 0 atom stereocenters. The molecule has 2 N–H and O–H groups in total. The van der Waals surface area contributed by atoms with Crippen molar-refractivity contribution < 1.29 is 9.59 Å². The van der Waals surface area contributed by atoms with Gasteiger partial charge in [-0.25, -0.2) is 4.79 Å². The Kier molecular flexibility index (Phi) is 2.86. The van der Waals surface area contributed by atoms with Crippen LogP contribution < -0.4 is 10.6 Å². The maximum Gasteiger partial charge on any atom is 0.317 e. The molecule has 1 aliphatic heterocycles. The molecule has 15 heavy (non-hydrogen) atoms. The molecule has 2 rings (SSSR count). The summed E-state index contributed by atoms with van der Waals surface area (Å²) in [5.41, 5.74) is 1.02. The van der Waals surface area contributed by atoms with E-state index < -0.39 is 0 Å². The predicted octanol–water partition coefficient (Wildman–Crippen LogP) is 0.347. The number of carbonyl (C=O) groups is 2. The maximum absolute atomic E-state index is 11.7. The molecule has 5 nitrogen and oxygen atoms in total. The van der Waals surface area contributed by atoms with E-state index in [1.165, 1.54) is 0 Å². The van der Waals surface area contributed by atoms with Crippen LogP contribution >= 0.6 is 11.3 Å². The molecule has 3 amide bonds. The number of nitrogens with zero attached hydrogens (tertiary/aromatic N) is 1. The number of rotatable bonds is 2. The molecule has 1 aromatic rings. The van der Waals surface area contributed by atoms with Crippen LogP contribution in [0, 0.1) is 0 Å². The largest absolute Gasteiger partial charge is 0.320 e. The summed E-state index contributed by atoms with van der Waals surface area (Å²) in [5.74, 6) is 0.0147. The Morgan fingerprint density at radius 1 is 1.47 bits per heavy atom. The first kappa shape index (κ1) is 9.97. The molecule has 1 aromatic heterocycles. The van der Waals surface area contributed by atoms with E-state index in [-0.39, 0.29) is 25.3 Å². The minimum absolute atomic E-state index is 0.0147. The fourth-order valence-electron chi connectivity index (χ4n) is 1.31. The van der Waals surface area contributed by atoms with E-state index in [2.05, 4.69) is 10.6 Å². The Morgan fingerprint density at radius 3 is 2.80 bits per heavy atom. The summed E-state index contributed by atoms with van der Waals surface area (Å²) in [4.78, 5) is 24.1. The highest BCUT2D eigenvalue weighted by Gasteiger charge is 2.19. The Bertz CT molecular complexity index is 353. The third-order valence-electron chi connectivity index (χ3n) is 2.15. The summed E-state index contributed by atoms with van der Waals surface area (Å²) in [5, 5.41) is 9.00. The first-order chi connectivity index (χ1) is 7.25. The molecular weight excluding hydrogens is 214 g/mol. The van der Waals surface area contributed by atoms with Gasteiger partial charge in [-0.3, -0.25) is 4.79 Å². The first-order valence-corrected chi connectivity index (χ1v) is 5.50. The van der Waals surface area contributed by atoms with Crippen molar-refractivity contribution in [2.24, 2.45) is 0 Å². The van der Waals surface area contributed by atoms with Gasteiger partial charge in [0.2, 0.25) is 5.91 Å². The lowest BCUT2D eigenvalue weighted by Crippen LogP contribution is -2.56. The average molecular weight is 225 g/mol. The van der Waals surface area contributed by atoms with Crippen molar-refractivity contribution in [1.29, 1.82) is 0 Å². The fourth-order valence-corrected chi connectivity index (χ4v) is 1.98. The molecule has 1 saturated heterocycles. The number of thiophene rings is 1. The first-order valence-electron chi connectivity index (χ1n) is 4.56. The Balaban J connectivity index is 1.89. The van der Waals surface area contributed by atoms with Crippen molar-refractivity contribution >= 4 is 23.3 Å². The van der Waals surface area contributed by atoms with Crippen molar-refractivity contribution in [1.82, 2.24) is 15.5 Å². The number of urea groups is 1. The Labute approximate surface area is 91.1 Å². The molecule has 0 radical (unpaired) electrons. The third-order valence-corrected chi connectivity index (χ3v) is 2.88. The zero-order valence-corrected chi connectivity index (χ0v) is 8.84. The molecular formula is C9H11N3O2S. The number of nitrogens with one attached hydrogen (secondary N) is 2. The Hall–Kier alpha value is -1.56. The van der Waals surface area contributed by atoms with Gasteiger partial charge in [0, 0.05) is 0 Å². The molecule has 1 aliphatic rings. The summed E-state index contributed by atoms with van der Waals surface area (Å²) in [6.45, 7) is 0.573. The molecule has 2 heterocycles. The van der Waals surface area contributed by atoms with Gasteiger partial charge in [0.05, 0.1) is 19.8 Å². The van der Waals surface area contributed by atoms with Gasteiger partial charge in [-0.2, -0.15) is 11.3 Å². The highest BCUT2D eigenvalue weighted by atomic mass is 32.1. The zero-order valence-electron chi connectivity index (χ0n) is 8.03. The van der Waals surface area contributed by atoms with E-state index in [1.54, 1.807) is 16.2 Å². The lowest BCUT2D eigenvalue weighted by Gasteiger charge is -2.27. The fraction of sp³-hybridized carbons (Fsp3) is 0.333. The van der Waals surface area contributed by atoms with Crippen molar-refractivity contribution in [3.8, 4) is 0 Å². The van der Waals surface area contributed by atoms with E-state index in [4.69, 9.17) is 0 Å². The number of hydrogen-bond acceptors (Lipinski definition) is 3. The number of amides is 3. The predicted molar refractivity (Wildman–Crippen MR) is 56.3 cm³/mol. The highest BCUT2D eigenvalue weighted by Crippen LogP contribution is 2.08. The topological polar surface area (TPSA) is 61.4 Å². The second-order valence-corrected chi connectivity index (χ2v) is 4.02. The summed E-state index contributed by atoms with van der Waals surface area (Å²) in [7, 11) is 0. The molecule has 0 saturated carbocycles. The zero-order chi connectivity index (χ0) is 10.7. The van der Waals surface area contributed by atoms with Gasteiger partial charge in [0.1, 0.15) is 0 Å². The van der Waals surface area contributed by atoms with Crippen molar-refractivity contribution in [3.63, 3.8) is 0 Å². The van der Waals surface area contributed by atoms with Crippen molar-refractivity contribution in [2.75, 3.05) is 13.3 Å². The van der Waals surface area contributed by atoms with Crippen LogP contribution in [0.15, 0.2) is 16.8 Å². The lowest BCUT2D eigenvalue weighted by atomic mass is 10.2. The van der Waals surface area contributed by atoms with Crippen LogP contribution in [0.1, 0.15) is 5.56 Å². The van der Waals surface area contributed by atoms with Gasteiger partial charge >= 0.3 is 6.03 Å². The van der Waals surface area contributed by atoms with E-state index in [0.29, 0.717) is 6.42 Å². The SMILES string of the molecule is O=C1NCN(C(=O)Cc2ccsc2)CN1.